The third kappa shape index (κ3) is 3.92. The minimum atomic E-state index is -0.541. The van der Waals surface area contributed by atoms with Crippen LogP contribution in [0.5, 0.6) is 11.5 Å². The highest BCUT2D eigenvalue weighted by Crippen LogP contribution is 2.42. The summed E-state index contributed by atoms with van der Waals surface area (Å²) in [4.78, 5) is 0. The second kappa shape index (κ2) is 7.59. The standard InChI is InChI=1S/C22H24N2O3/c23-12-14-1-7-18(8-2-14)27-19-9-16-13-24-21(20(16)10-19)11-22(26)15-3-5-17(25)6-4-15/h1-8,16,19-22,24-26H,9-11,13H2/t16-,19+,20+,21+,22+/m1/s1. The van der Waals surface area contributed by atoms with Crippen LogP contribution in [-0.4, -0.2) is 28.9 Å². The van der Waals surface area contributed by atoms with Crippen LogP contribution in [0, 0.1) is 23.2 Å². The van der Waals surface area contributed by atoms with E-state index in [0.717, 1.165) is 30.7 Å². The van der Waals surface area contributed by atoms with Crippen LogP contribution in [0.15, 0.2) is 48.5 Å². The number of phenolic OH excluding ortho intramolecular Hbond substituents is 1. The van der Waals surface area contributed by atoms with E-state index in [1.54, 1.807) is 36.4 Å². The van der Waals surface area contributed by atoms with Crippen molar-refractivity contribution in [3.63, 3.8) is 0 Å². The van der Waals surface area contributed by atoms with E-state index in [1.807, 2.05) is 12.1 Å². The fourth-order valence-electron chi connectivity index (χ4n) is 4.51. The first-order chi connectivity index (χ1) is 13.1. The zero-order valence-electron chi connectivity index (χ0n) is 15.1. The van der Waals surface area contributed by atoms with Crippen LogP contribution in [0.4, 0.5) is 0 Å². The van der Waals surface area contributed by atoms with Gasteiger partial charge in [0, 0.05) is 6.04 Å². The smallest absolute Gasteiger partial charge is 0.119 e. The molecule has 5 atom stereocenters. The summed E-state index contributed by atoms with van der Waals surface area (Å²) in [5, 5.41) is 32.4. The third-order valence-electron chi connectivity index (χ3n) is 5.91. The Morgan fingerprint density at radius 1 is 1.11 bits per heavy atom. The van der Waals surface area contributed by atoms with Crippen molar-refractivity contribution in [3.05, 3.63) is 59.7 Å². The van der Waals surface area contributed by atoms with Crippen molar-refractivity contribution in [1.82, 2.24) is 5.32 Å². The van der Waals surface area contributed by atoms with E-state index in [2.05, 4.69) is 11.4 Å². The molecule has 0 radical (unpaired) electrons. The summed E-state index contributed by atoms with van der Waals surface area (Å²) in [6.45, 7) is 0.963. The predicted octanol–water partition coefficient (Wildman–Crippen LogP) is 3.13. The third-order valence-corrected chi connectivity index (χ3v) is 5.91. The van der Waals surface area contributed by atoms with Crippen molar-refractivity contribution in [2.75, 3.05) is 6.54 Å². The van der Waals surface area contributed by atoms with Crippen LogP contribution in [0.2, 0.25) is 0 Å². The molecule has 1 heterocycles. The van der Waals surface area contributed by atoms with Gasteiger partial charge in [0.25, 0.3) is 0 Å². The summed E-state index contributed by atoms with van der Waals surface area (Å²) >= 11 is 0. The summed E-state index contributed by atoms with van der Waals surface area (Å²) < 4.78 is 6.13. The molecule has 1 aliphatic heterocycles. The molecule has 140 valence electrons. The van der Waals surface area contributed by atoms with Crippen LogP contribution in [0.3, 0.4) is 0 Å². The summed E-state index contributed by atoms with van der Waals surface area (Å²) in [7, 11) is 0. The zero-order chi connectivity index (χ0) is 18.8. The predicted molar refractivity (Wildman–Crippen MR) is 101 cm³/mol. The first kappa shape index (κ1) is 17.8. The molecule has 1 aliphatic carbocycles. The highest BCUT2D eigenvalue weighted by Gasteiger charge is 2.44. The van der Waals surface area contributed by atoms with Gasteiger partial charge in [0.05, 0.1) is 23.8 Å². The second-order valence-electron chi connectivity index (χ2n) is 7.63. The number of fused-ring (bicyclic) bond motifs is 1. The topological polar surface area (TPSA) is 85.5 Å². The zero-order valence-corrected chi connectivity index (χ0v) is 15.1. The van der Waals surface area contributed by atoms with Gasteiger partial charge >= 0.3 is 0 Å². The van der Waals surface area contributed by atoms with Crippen molar-refractivity contribution in [1.29, 1.82) is 5.26 Å². The average molecular weight is 364 g/mol. The molecular weight excluding hydrogens is 340 g/mol. The minimum Gasteiger partial charge on any atom is -0.508 e. The van der Waals surface area contributed by atoms with Gasteiger partial charge in [-0.2, -0.15) is 5.26 Å². The Balaban J connectivity index is 1.35. The van der Waals surface area contributed by atoms with Gasteiger partial charge in [0.15, 0.2) is 0 Å². The molecule has 0 unspecified atom stereocenters. The monoisotopic (exact) mass is 364 g/mol. The Morgan fingerprint density at radius 2 is 1.85 bits per heavy atom. The van der Waals surface area contributed by atoms with E-state index in [0.29, 0.717) is 23.8 Å². The first-order valence-corrected chi connectivity index (χ1v) is 9.49. The molecule has 0 aromatic heterocycles. The Bertz CT molecular complexity index is 813. The Labute approximate surface area is 159 Å². The molecule has 3 N–H and O–H groups in total. The number of aliphatic hydroxyl groups excluding tert-OH is 1. The lowest BCUT2D eigenvalue weighted by Gasteiger charge is -2.22. The maximum absolute atomic E-state index is 10.6. The Hall–Kier alpha value is -2.55. The second-order valence-corrected chi connectivity index (χ2v) is 7.63. The first-order valence-electron chi connectivity index (χ1n) is 9.49. The van der Waals surface area contributed by atoms with E-state index >= 15 is 0 Å². The highest BCUT2D eigenvalue weighted by molar-refractivity contribution is 5.34. The lowest BCUT2D eigenvalue weighted by molar-refractivity contribution is 0.140. The highest BCUT2D eigenvalue weighted by atomic mass is 16.5. The molecule has 0 spiro atoms. The molecule has 2 aromatic carbocycles. The van der Waals surface area contributed by atoms with Crippen molar-refractivity contribution >= 4 is 0 Å². The van der Waals surface area contributed by atoms with Crippen molar-refractivity contribution in [2.24, 2.45) is 11.8 Å². The lowest BCUT2D eigenvalue weighted by atomic mass is 9.89. The number of aliphatic hydroxyl groups is 1. The molecule has 5 nitrogen and oxygen atoms in total. The number of nitrogens with zero attached hydrogens (tertiary/aromatic N) is 1. The number of hydrogen-bond donors (Lipinski definition) is 3. The van der Waals surface area contributed by atoms with E-state index in [1.165, 1.54) is 0 Å². The van der Waals surface area contributed by atoms with Gasteiger partial charge in [-0.15, -0.1) is 0 Å². The fourth-order valence-corrected chi connectivity index (χ4v) is 4.51. The van der Waals surface area contributed by atoms with Gasteiger partial charge in [-0.1, -0.05) is 12.1 Å². The van der Waals surface area contributed by atoms with Gasteiger partial charge in [-0.25, -0.2) is 0 Å². The van der Waals surface area contributed by atoms with E-state index in [-0.39, 0.29) is 17.9 Å². The number of nitrogens with one attached hydrogen (secondary N) is 1. The Morgan fingerprint density at radius 3 is 2.56 bits per heavy atom. The van der Waals surface area contributed by atoms with Crippen LogP contribution in [0.25, 0.3) is 0 Å². The summed E-state index contributed by atoms with van der Waals surface area (Å²) in [5.41, 5.74) is 1.47. The maximum atomic E-state index is 10.6. The van der Waals surface area contributed by atoms with Gasteiger partial charge < -0.3 is 20.3 Å². The molecule has 2 aromatic rings. The lowest BCUT2D eigenvalue weighted by Crippen LogP contribution is -2.30. The minimum absolute atomic E-state index is 0.184. The molecule has 2 aliphatic rings. The maximum Gasteiger partial charge on any atom is 0.119 e. The van der Waals surface area contributed by atoms with Gasteiger partial charge in [0.1, 0.15) is 11.5 Å². The quantitative estimate of drug-likeness (QED) is 0.759. The van der Waals surface area contributed by atoms with Crippen molar-refractivity contribution in [2.45, 2.75) is 37.5 Å². The number of nitriles is 1. The normalized spacial score (nSPS) is 27.7. The van der Waals surface area contributed by atoms with Crippen LogP contribution in [0.1, 0.15) is 36.5 Å². The number of ether oxygens (including phenoxy) is 1. The number of rotatable bonds is 5. The number of hydrogen-bond acceptors (Lipinski definition) is 5. The van der Waals surface area contributed by atoms with Crippen molar-refractivity contribution in [3.8, 4) is 17.6 Å². The molecule has 0 bridgehead atoms. The molecule has 27 heavy (non-hydrogen) atoms. The molecule has 2 fully saturated rings. The fraction of sp³-hybridized carbons (Fsp3) is 0.409. The molecule has 1 saturated heterocycles. The number of phenols is 1. The van der Waals surface area contributed by atoms with Crippen LogP contribution in [-0.2, 0) is 0 Å². The molecule has 4 rings (SSSR count). The average Bonchev–Trinajstić information content (AvgIpc) is 3.24. The summed E-state index contributed by atoms with van der Waals surface area (Å²) in [6.07, 6.45) is 2.30. The van der Waals surface area contributed by atoms with Crippen LogP contribution >= 0.6 is 0 Å². The molecule has 5 heteroatoms. The van der Waals surface area contributed by atoms with Gasteiger partial charge in [0.2, 0.25) is 0 Å². The largest absolute Gasteiger partial charge is 0.508 e. The van der Waals surface area contributed by atoms with Crippen LogP contribution < -0.4 is 10.1 Å². The number of aromatic hydroxyl groups is 1. The van der Waals surface area contributed by atoms with E-state index < -0.39 is 6.10 Å². The SMILES string of the molecule is N#Cc1ccc(O[C@H]2C[C@@H]3CN[C@@H](C[C@H](O)c4ccc(O)cc4)[C@H]3C2)cc1. The van der Waals surface area contributed by atoms with E-state index in [9.17, 15) is 10.2 Å². The molecular formula is C22H24N2O3. The molecule has 1 saturated carbocycles. The summed E-state index contributed by atoms with van der Waals surface area (Å²) in [6, 6.07) is 16.4. The summed E-state index contributed by atoms with van der Waals surface area (Å²) in [5.74, 6) is 2.10. The Kier molecular flexibility index (Phi) is 5.02. The number of benzene rings is 2. The van der Waals surface area contributed by atoms with Gasteiger partial charge in [-0.3, -0.25) is 0 Å². The molecule has 0 amide bonds. The van der Waals surface area contributed by atoms with Gasteiger partial charge in [-0.05, 0) is 79.6 Å². The van der Waals surface area contributed by atoms with Crippen molar-refractivity contribution < 1.29 is 14.9 Å². The van der Waals surface area contributed by atoms with E-state index in [4.69, 9.17) is 10.00 Å².